The summed E-state index contributed by atoms with van der Waals surface area (Å²) in [7, 11) is 0. The van der Waals surface area contributed by atoms with Crippen LogP contribution in [0.2, 0.25) is 0 Å². The highest BCUT2D eigenvalue weighted by Crippen LogP contribution is 2.68. The Morgan fingerprint density at radius 2 is 0.703 bits per heavy atom. The third-order valence-corrected chi connectivity index (χ3v) is 15.6. The fourth-order valence-electron chi connectivity index (χ4n) is 13.3. The Morgan fingerprint density at radius 1 is 0.281 bits per heavy atom. The molecule has 0 radical (unpaired) electrons. The van der Waals surface area contributed by atoms with Gasteiger partial charge in [0.05, 0.1) is 21.9 Å². The van der Waals surface area contributed by atoms with E-state index in [1.165, 1.54) is 122 Å². The SMILES string of the molecule is c1cc(C2c3ccccc3-c3cc4c(cc32)C2(c3ccccc3-c3ccccc32)c2ccccc2C42c3ccccc3-c3ccccc32)cc(-n2c3ccccc3c3ccccc32)c1. The number of aromatic nitrogens is 1. The van der Waals surface area contributed by atoms with Crippen molar-refractivity contribution in [2.24, 2.45) is 0 Å². The molecular formula is C63H39N. The third-order valence-electron chi connectivity index (χ3n) is 15.6. The smallest absolute Gasteiger partial charge is 0.0720 e. The lowest BCUT2D eigenvalue weighted by atomic mass is 9.52. The predicted octanol–water partition coefficient (Wildman–Crippen LogP) is 15.0. The summed E-state index contributed by atoms with van der Waals surface area (Å²) >= 11 is 0. The molecule has 15 rings (SSSR count). The fourth-order valence-corrected chi connectivity index (χ4v) is 13.3. The molecule has 0 amide bonds. The van der Waals surface area contributed by atoms with Crippen LogP contribution in [0.15, 0.2) is 231 Å². The number of benzene rings is 10. The molecule has 4 aliphatic carbocycles. The minimum absolute atomic E-state index is 0.0322. The van der Waals surface area contributed by atoms with Gasteiger partial charge in [0.15, 0.2) is 0 Å². The molecule has 4 aliphatic rings. The zero-order chi connectivity index (χ0) is 41.7. The van der Waals surface area contributed by atoms with Crippen molar-refractivity contribution in [3.05, 3.63) is 292 Å². The van der Waals surface area contributed by atoms with Crippen molar-refractivity contribution in [1.29, 1.82) is 0 Å². The molecule has 2 spiro atoms. The van der Waals surface area contributed by atoms with Crippen LogP contribution in [0.25, 0.3) is 60.9 Å². The summed E-state index contributed by atoms with van der Waals surface area (Å²) in [6.45, 7) is 0. The van der Waals surface area contributed by atoms with Crippen molar-refractivity contribution in [2.75, 3.05) is 0 Å². The molecule has 0 saturated carbocycles. The Morgan fingerprint density at radius 3 is 1.23 bits per heavy atom. The van der Waals surface area contributed by atoms with Crippen LogP contribution in [-0.2, 0) is 10.8 Å². The van der Waals surface area contributed by atoms with E-state index >= 15 is 0 Å². The molecule has 296 valence electrons. The first-order valence-electron chi connectivity index (χ1n) is 22.6. The van der Waals surface area contributed by atoms with Crippen LogP contribution in [0, 0.1) is 0 Å². The molecule has 11 aromatic rings. The Labute approximate surface area is 372 Å². The maximum atomic E-state index is 2.68. The van der Waals surface area contributed by atoms with Crippen LogP contribution >= 0.6 is 0 Å². The van der Waals surface area contributed by atoms with Crippen molar-refractivity contribution in [1.82, 2.24) is 4.57 Å². The minimum Gasteiger partial charge on any atom is -0.309 e. The highest BCUT2D eigenvalue weighted by Gasteiger charge is 2.59. The maximum absolute atomic E-state index is 2.68. The topological polar surface area (TPSA) is 4.93 Å². The lowest BCUT2D eigenvalue weighted by molar-refractivity contribution is 0.632. The van der Waals surface area contributed by atoms with Gasteiger partial charge in [0.25, 0.3) is 0 Å². The van der Waals surface area contributed by atoms with E-state index in [0.717, 1.165) is 0 Å². The number of hydrogen-bond donors (Lipinski definition) is 0. The molecule has 0 fully saturated rings. The Kier molecular flexibility index (Phi) is 6.67. The van der Waals surface area contributed by atoms with Crippen LogP contribution in [0.3, 0.4) is 0 Å². The van der Waals surface area contributed by atoms with Crippen LogP contribution in [-0.4, -0.2) is 4.57 Å². The van der Waals surface area contributed by atoms with E-state index < -0.39 is 10.8 Å². The van der Waals surface area contributed by atoms with Crippen molar-refractivity contribution >= 4 is 21.8 Å². The van der Waals surface area contributed by atoms with Gasteiger partial charge in [-0.1, -0.05) is 200 Å². The average Bonchev–Trinajstić information content (AvgIpc) is 4.06. The number of hydrogen-bond acceptors (Lipinski definition) is 0. The monoisotopic (exact) mass is 809 g/mol. The number of para-hydroxylation sites is 2. The van der Waals surface area contributed by atoms with Gasteiger partial charge in [-0.25, -0.2) is 0 Å². The second-order valence-corrected chi connectivity index (χ2v) is 18.2. The molecule has 64 heavy (non-hydrogen) atoms. The van der Waals surface area contributed by atoms with Gasteiger partial charge >= 0.3 is 0 Å². The van der Waals surface area contributed by atoms with Gasteiger partial charge in [0, 0.05) is 22.4 Å². The van der Waals surface area contributed by atoms with E-state index in [4.69, 9.17) is 0 Å². The molecule has 0 aliphatic heterocycles. The van der Waals surface area contributed by atoms with E-state index in [2.05, 4.69) is 235 Å². The minimum atomic E-state index is -0.546. The largest absolute Gasteiger partial charge is 0.309 e. The second kappa shape index (κ2) is 12.3. The van der Waals surface area contributed by atoms with E-state index in [1.807, 2.05) is 0 Å². The van der Waals surface area contributed by atoms with Gasteiger partial charge in [-0.15, -0.1) is 0 Å². The van der Waals surface area contributed by atoms with Crippen molar-refractivity contribution in [3.8, 4) is 39.1 Å². The summed E-state index contributed by atoms with van der Waals surface area (Å²) in [5, 5.41) is 2.55. The van der Waals surface area contributed by atoms with E-state index in [0.29, 0.717) is 0 Å². The molecular weight excluding hydrogens is 771 g/mol. The third kappa shape index (κ3) is 4.03. The molecule has 0 bridgehead atoms. The van der Waals surface area contributed by atoms with Crippen molar-refractivity contribution < 1.29 is 0 Å². The van der Waals surface area contributed by atoms with Gasteiger partial charge in [-0.2, -0.15) is 0 Å². The molecule has 0 saturated heterocycles. The molecule has 1 heterocycles. The Balaban J connectivity index is 1.08. The highest BCUT2D eigenvalue weighted by atomic mass is 15.0. The lowest BCUT2D eigenvalue weighted by Crippen LogP contribution is -2.44. The van der Waals surface area contributed by atoms with Crippen LogP contribution in [0.5, 0.6) is 0 Å². The summed E-state index contributed by atoms with van der Waals surface area (Å²) in [5.74, 6) is 0.0322. The van der Waals surface area contributed by atoms with Crippen molar-refractivity contribution in [3.63, 3.8) is 0 Å². The van der Waals surface area contributed by atoms with Crippen molar-refractivity contribution in [2.45, 2.75) is 16.7 Å². The zero-order valence-electron chi connectivity index (χ0n) is 35.0. The summed E-state index contributed by atoms with van der Waals surface area (Å²) in [6, 6.07) is 88.0. The molecule has 1 heteroatoms. The average molecular weight is 810 g/mol. The Hall–Kier alpha value is -8.00. The summed E-state index contributed by atoms with van der Waals surface area (Å²) in [6.07, 6.45) is 0. The van der Waals surface area contributed by atoms with E-state index in [1.54, 1.807) is 0 Å². The van der Waals surface area contributed by atoms with Crippen LogP contribution in [0.1, 0.15) is 67.1 Å². The first-order valence-corrected chi connectivity index (χ1v) is 22.6. The fraction of sp³-hybridized carbons (Fsp3) is 0.0476. The lowest BCUT2D eigenvalue weighted by Gasteiger charge is -2.49. The van der Waals surface area contributed by atoms with Gasteiger partial charge in [-0.05, 0) is 125 Å². The summed E-state index contributed by atoms with van der Waals surface area (Å²) in [4.78, 5) is 0. The standard InChI is InChI=1S/C63H39N/c1-2-27-48-41(20-1)49-37-57-58(38-50(49)61(48)39-18-17-19-40(36-39)64-59-34-15-7-25-46(59)47-26-8-16-35-60(47)64)63(53-30-11-5-23-44(53)45-24-6-12-31-54(45)63)56-33-14-13-32-55(56)62(57)51-28-9-3-21-42(51)43-22-4-10-29-52(43)62/h1-38,61H. The number of nitrogens with zero attached hydrogens (tertiary/aromatic N) is 1. The molecule has 0 N–H and O–H groups in total. The molecule has 1 nitrogen and oxygen atoms in total. The molecule has 1 atom stereocenters. The second-order valence-electron chi connectivity index (χ2n) is 18.2. The Bertz CT molecular complexity index is 3680. The first kappa shape index (κ1) is 34.6. The molecule has 10 aromatic carbocycles. The van der Waals surface area contributed by atoms with Crippen LogP contribution < -0.4 is 0 Å². The number of rotatable bonds is 2. The number of fused-ring (bicyclic) bond motifs is 22. The maximum Gasteiger partial charge on any atom is 0.0720 e. The van der Waals surface area contributed by atoms with E-state index in [-0.39, 0.29) is 5.92 Å². The first-order chi connectivity index (χ1) is 31.8. The molecule has 1 unspecified atom stereocenters. The van der Waals surface area contributed by atoms with Crippen LogP contribution in [0.4, 0.5) is 0 Å². The summed E-state index contributed by atoms with van der Waals surface area (Å²) < 4.78 is 2.46. The highest BCUT2D eigenvalue weighted by molar-refractivity contribution is 6.09. The van der Waals surface area contributed by atoms with Gasteiger partial charge in [0.1, 0.15) is 0 Å². The quantitative estimate of drug-likeness (QED) is 0.164. The molecule has 1 aromatic heterocycles. The predicted molar refractivity (Wildman–Crippen MR) is 262 cm³/mol. The normalized spacial score (nSPS) is 15.9. The van der Waals surface area contributed by atoms with Gasteiger partial charge in [0.2, 0.25) is 0 Å². The summed E-state index contributed by atoms with van der Waals surface area (Å²) in [5.41, 5.74) is 25.5. The van der Waals surface area contributed by atoms with E-state index in [9.17, 15) is 0 Å². The zero-order valence-corrected chi connectivity index (χ0v) is 35.0. The van der Waals surface area contributed by atoms with Gasteiger partial charge < -0.3 is 4.57 Å². The van der Waals surface area contributed by atoms with Gasteiger partial charge in [-0.3, -0.25) is 0 Å².